The van der Waals surface area contributed by atoms with Gasteiger partial charge in [0, 0.05) is 6.54 Å². The van der Waals surface area contributed by atoms with E-state index in [2.05, 4.69) is 15.4 Å². The fourth-order valence-electron chi connectivity index (χ4n) is 2.58. The second-order valence-corrected chi connectivity index (χ2v) is 6.41. The summed E-state index contributed by atoms with van der Waals surface area (Å²) >= 11 is 0. The second kappa shape index (κ2) is 7.10. The summed E-state index contributed by atoms with van der Waals surface area (Å²) in [6.07, 6.45) is 0. The molecule has 8 heteroatoms. The van der Waals surface area contributed by atoms with Crippen LogP contribution in [0.2, 0.25) is 0 Å². The van der Waals surface area contributed by atoms with Gasteiger partial charge in [0.15, 0.2) is 11.5 Å². The molecule has 134 valence electrons. The van der Waals surface area contributed by atoms with Crippen LogP contribution < -0.4 is 20.5 Å². The second-order valence-electron chi connectivity index (χ2n) is 6.41. The molecule has 3 rings (SSSR count). The molecule has 3 N–H and O–H groups in total. The van der Waals surface area contributed by atoms with E-state index in [0.717, 1.165) is 11.3 Å². The highest BCUT2D eigenvalue weighted by molar-refractivity contribution is 5.75. The Balaban J connectivity index is 1.61. The Kier molecular flexibility index (Phi) is 4.89. The molecule has 1 aromatic heterocycles. The summed E-state index contributed by atoms with van der Waals surface area (Å²) < 4.78 is 12.2. The average molecular weight is 345 g/mol. The number of ether oxygens (including phenoxy) is 2. The van der Waals surface area contributed by atoms with Crippen LogP contribution in [0.5, 0.6) is 11.5 Å². The van der Waals surface area contributed by atoms with Crippen LogP contribution in [-0.2, 0) is 17.9 Å². The molecular weight excluding hydrogens is 322 g/mol. The molecule has 8 nitrogen and oxygen atoms in total. The van der Waals surface area contributed by atoms with Crippen LogP contribution in [-0.4, -0.2) is 27.5 Å². The van der Waals surface area contributed by atoms with Gasteiger partial charge in [0.1, 0.15) is 18.2 Å². The van der Waals surface area contributed by atoms with Crippen molar-refractivity contribution in [3.05, 3.63) is 35.4 Å². The third kappa shape index (κ3) is 3.90. The fourth-order valence-corrected chi connectivity index (χ4v) is 2.58. The Morgan fingerprint density at radius 3 is 2.88 bits per heavy atom. The first-order valence-corrected chi connectivity index (χ1v) is 8.26. The summed E-state index contributed by atoms with van der Waals surface area (Å²) in [6, 6.07) is 5.34. The summed E-state index contributed by atoms with van der Waals surface area (Å²) in [5.41, 5.74) is 7.10. The molecule has 0 fully saturated rings. The number of fused-ring (bicyclic) bond motifs is 1. The molecule has 0 radical (unpaired) electrons. The van der Waals surface area contributed by atoms with Crippen molar-refractivity contribution < 1.29 is 14.3 Å². The molecule has 1 atom stereocenters. The zero-order valence-electron chi connectivity index (χ0n) is 14.7. The van der Waals surface area contributed by atoms with Gasteiger partial charge in [-0.1, -0.05) is 19.9 Å². The summed E-state index contributed by atoms with van der Waals surface area (Å²) in [4.78, 5) is 16.6. The Morgan fingerprint density at radius 2 is 2.12 bits per heavy atom. The molecule has 2 heterocycles. The van der Waals surface area contributed by atoms with E-state index in [-0.39, 0.29) is 31.2 Å². The maximum absolute atomic E-state index is 12.3. The standard InChI is InChI=1S/C17H23N5O3/c1-10(2)16(18)17-20-11(3)21-22(17)8-15(23)19-7-12-4-5-13-14(6-12)25-9-24-13/h4-6,10,16H,7-9,18H2,1-3H3,(H,19,23)/t16-/m0/s1. The van der Waals surface area contributed by atoms with Gasteiger partial charge < -0.3 is 20.5 Å². The molecule has 0 unspecified atom stereocenters. The first-order valence-electron chi connectivity index (χ1n) is 8.26. The molecule has 2 aromatic rings. The van der Waals surface area contributed by atoms with Gasteiger partial charge >= 0.3 is 0 Å². The van der Waals surface area contributed by atoms with Crippen LogP contribution >= 0.6 is 0 Å². The minimum atomic E-state index is -0.261. The molecule has 1 amide bonds. The number of rotatable bonds is 6. The van der Waals surface area contributed by atoms with Crippen LogP contribution in [0, 0.1) is 12.8 Å². The number of nitrogens with one attached hydrogen (secondary N) is 1. The topological polar surface area (TPSA) is 104 Å². The monoisotopic (exact) mass is 345 g/mol. The summed E-state index contributed by atoms with van der Waals surface area (Å²) in [5.74, 6) is 2.71. The van der Waals surface area contributed by atoms with Crippen LogP contribution in [0.25, 0.3) is 0 Å². The molecule has 1 aromatic carbocycles. The van der Waals surface area contributed by atoms with E-state index in [1.807, 2.05) is 32.0 Å². The molecular formula is C17H23N5O3. The van der Waals surface area contributed by atoms with Crippen molar-refractivity contribution in [2.75, 3.05) is 6.79 Å². The molecule has 1 aliphatic heterocycles. The normalized spacial score (nSPS) is 14.0. The minimum absolute atomic E-state index is 0.0845. The van der Waals surface area contributed by atoms with Gasteiger partial charge in [0.25, 0.3) is 0 Å². The van der Waals surface area contributed by atoms with Gasteiger partial charge in [-0.2, -0.15) is 5.10 Å². The van der Waals surface area contributed by atoms with Crippen LogP contribution in [0.3, 0.4) is 0 Å². The van der Waals surface area contributed by atoms with Crippen molar-refractivity contribution in [3.63, 3.8) is 0 Å². The highest BCUT2D eigenvalue weighted by Gasteiger charge is 2.20. The first kappa shape index (κ1) is 17.2. The highest BCUT2D eigenvalue weighted by atomic mass is 16.7. The minimum Gasteiger partial charge on any atom is -0.454 e. The first-order chi connectivity index (χ1) is 11.9. The number of nitrogens with two attached hydrogens (primary N) is 1. The molecule has 0 saturated carbocycles. The van der Waals surface area contributed by atoms with Crippen LogP contribution in [0.15, 0.2) is 18.2 Å². The Hall–Kier alpha value is -2.61. The van der Waals surface area contributed by atoms with E-state index in [4.69, 9.17) is 15.2 Å². The molecule has 0 spiro atoms. The smallest absolute Gasteiger partial charge is 0.242 e. The lowest BCUT2D eigenvalue weighted by atomic mass is 10.1. The number of carbonyl (C=O) groups excluding carboxylic acids is 1. The van der Waals surface area contributed by atoms with Gasteiger partial charge in [-0.3, -0.25) is 4.79 Å². The Labute approximate surface area is 146 Å². The van der Waals surface area contributed by atoms with E-state index in [9.17, 15) is 4.79 Å². The third-order valence-corrected chi connectivity index (χ3v) is 4.04. The van der Waals surface area contributed by atoms with Crippen molar-refractivity contribution in [3.8, 4) is 11.5 Å². The molecule has 25 heavy (non-hydrogen) atoms. The number of aromatic nitrogens is 3. The van der Waals surface area contributed by atoms with Gasteiger partial charge in [0.05, 0.1) is 6.04 Å². The largest absolute Gasteiger partial charge is 0.454 e. The number of aryl methyl sites for hydroxylation is 1. The quantitative estimate of drug-likeness (QED) is 0.817. The lowest BCUT2D eigenvalue weighted by molar-refractivity contribution is -0.122. The maximum Gasteiger partial charge on any atom is 0.242 e. The lowest BCUT2D eigenvalue weighted by Crippen LogP contribution is -2.30. The molecule has 0 bridgehead atoms. The van der Waals surface area contributed by atoms with E-state index < -0.39 is 0 Å². The zero-order valence-corrected chi connectivity index (χ0v) is 14.7. The van der Waals surface area contributed by atoms with Crippen molar-refractivity contribution in [2.45, 2.75) is 39.9 Å². The summed E-state index contributed by atoms with van der Waals surface area (Å²) in [5, 5.41) is 7.16. The number of hydrogen-bond acceptors (Lipinski definition) is 6. The van der Waals surface area contributed by atoms with Gasteiger partial charge in [-0.25, -0.2) is 9.67 Å². The van der Waals surface area contributed by atoms with Gasteiger partial charge in [0.2, 0.25) is 12.7 Å². The Bertz CT molecular complexity index is 772. The van der Waals surface area contributed by atoms with Gasteiger partial charge in [-0.15, -0.1) is 0 Å². The number of amides is 1. The van der Waals surface area contributed by atoms with E-state index >= 15 is 0 Å². The molecule has 0 saturated heterocycles. The number of hydrogen-bond donors (Lipinski definition) is 2. The van der Waals surface area contributed by atoms with Crippen LogP contribution in [0.1, 0.15) is 37.1 Å². The summed E-state index contributed by atoms with van der Waals surface area (Å²) in [6.45, 7) is 6.53. The number of nitrogens with zero attached hydrogens (tertiary/aromatic N) is 3. The highest BCUT2D eigenvalue weighted by Crippen LogP contribution is 2.32. The average Bonchev–Trinajstić information content (AvgIpc) is 3.17. The van der Waals surface area contributed by atoms with Crippen molar-refractivity contribution in [1.29, 1.82) is 0 Å². The fraction of sp³-hybridized carbons (Fsp3) is 0.471. The number of carbonyl (C=O) groups is 1. The van der Waals surface area contributed by atoms with E-state index in [1.165, 1.54) is 0 Å². The van der Waals surface area contributed by atoms with Crippen molar-refractivity contribution in [1.82, 2.24) is 20.1 Å². The maximum atomic E-state index is 12.3. The van der Waals surface area contributed by atoms with Crippen LogP contribution in [0.4, 0.5) is 0 Å². The molecule has 0 aliphatic carbocycles. The third-order valence-electron chi connectivity index (χ3n) is 4.04. The van der Waals surface area contributed by atoms with Crippen molar-refractivity contribution in [2.24, 2.45) is 11.7 Å². The van der Waals surface area contributed by atoms with E-state index in [1.54, 1.807) is 11.6 Å². The van der Waals surface area contributed by atoms with Crippen molar-refractivity contribution >= 4 is 5.91 Å². The lowest BCUT2D eigenvalue weighted by Gasteiger charge is -2.15. The van der Waals surface area contributed by atoms with Gasteiger partial charge in [-0.05, 0) is 30.5 Å². The Morgan fingerprint density at radius 1 is 1.36 bits per heavy atom. The van der Waals surface area contributed by atoms with E-state index in [0.29, 0.717) is 23.9 Å². The summed E-state index contributed by atoms with van der Waals surface area (Å²) in [7, 11) is 0. The number of benzene rings is 1. The predicted molar refractivity (Wildman–Crippen MR) is 90.9 cm³/mol. The predicted octanol–water partition coefficient (Wildman–Crippen LogP) is 1.29. The molecule has 1 aliphatic rings. The SMILES string of the molecule is Cc1nc([C@@H](N)C(C)C)n(CC(=O)NCc2ccc3c(c2)OCO3)n1. The zero-order chi connectivity index (χ0) is 18.0.